The molecule has 4 saturated carbocycles. The molecule has 0 spiro atoms. The standard InChI is InChI=1S/C13H18F2O5S/c1-19-21(17,18)13(14,15)7-20-11(16)12-5-8-2-9(6-12)4-10(12)3-8/h8-10H,2-7H2,1H3. The van der Waals surface area contributed by atoms with Crippen LogP contribution in [0.5, 0.6) is 0 Å². The normalized spacial score (nSPS) is 38.0. The van der Waals surface area contributed by atoms with Crippen molar-refractivity contribution in [2.45, 2.75) is 37.4 Å². The largest absolute Gasteiger partial charge is 0.458 e. The van der Waals surface area contributed by atoms with Crippen molar-refractivity contribution in [2.75, 3.05) is 13.7 Å². The molecule has 0 aromatic heterocycles. The topological polar surface area (TPSA) is 69.7 Å². The monoisotopic (exact) mass is 324 g/mol. The van der Waals surface area contributed by atoms with Crippen LogP contribution in [0.15, 0.2) is 0 Å². The molecule has 0 radical (unpaired) electrons. The molecule has 4 aliphatic carbocycles. The molecule has 2 atom stereocenters. The van der Waals surface area contributed by atoms with E-state index in [1.54, 1.807) is 0 Å². The van der Waals surface area contributed by atoms with E-state index in [4.69, 9.17) is 4.74 Å². The second-order valence-corrected chi connectivity index (χ2v) is 8.37. The fourth-order valence-corrected chi connectivity index (χ4v) is 5.06. The van der Waals surface area contributed by atoms with Crippen LogP contribution in [0.2, 0.25) is 0 Å². The zero-order valence-electron chi connectivity index (χ0n) is 11.7. The van der Waals surface area contributed by atoms with E-state index in [-0.39, 0.29) is 5.92 Å². The first-order valence-corrected chi connectivity index (χ1v) is 8.46. The van der Waals surface area contributed by atoms with Crippen LogP contribution in [0.3, 0.4) is 0 Å². The van der Waals surface area contributed by atoms with Crippen LogP contribution in [-0.2, 0) is 23.8 Å². The highest BCUT2D eigenvalue weighted by molar-refractivity contribution is 7.87. The molecule has 0 aliphatic heterocycles. The van der Waals surface area contributed by atoms with E-state index in [2.05, 4.69) is 4.18 Å². The average molecular weight is 324 g/mol. The van der Waals surface area contributed by atoms with Gasteiger partial charge in [0.1, 0.15) is 0 Å². The Labute approximate surface area is 122 Å². The number of carbonyl (C=O) groups is 1. The van der Waals surface area contributed by atoms with Gasteiger partial charge in [-0.3, -0.25) is 8.98 Å². The smallest absolute Gasteiger partial charge is 0.403 e. The van der Waals surface area contributed by atoms with Gasteiger partial charge in [-0.1, -0.05) is 0 Å². The van der Waals surface area contributed by atoms with Gasteiger partial charge in [-0.2, -0.15) is 17.2 Å². The number of hydrogen-bond donors (Lipinski definition) is 0. The van der Waals surface area contributed by atoms with Crippen LogP contribution >= 0.6 is 0 Å². The minimum Gasteiger partial charge on any atom is -0.458 e. The van der Waals surface area contributed by atoms with Crippen molar-refractivity contribution < 1.29 is 30.9 Å². The van der Waals surface area contributed by atoms with E-state index >= 15 is 0 Å². The fourth-order valence-electron chi connectivity index (χ4n) is 4.62. The number of alkyl halides is 2. The van der Waals surface area contributed by atoms with Gasteiger partial charge >= 0.3 is 21.3 Å². The fraction of sp³-hybridized carbons (Fsp3) is 0.923. The summed E-state index contributed by atoms with van der Waals surface area (Å²) in [6.07, 6.45) is 4.40. The summed E-state index contributed by atoms with van der Waals surface area (Å²) in [5.41, 5.74) is -0.652. The maximum Gasteiger partial charge on any atom is 0.403 e. The molecule has 8 heteroatoms. The van der Waals surface area contributed by atoms with Crippen molar-refractivity contribution in [3.63, 3.8) is 0 Å². The minimum absolute atomic E-state index is 0.210. The Balaban J connectivity index is 1.68. The highest BCUT2D eigenvalue weighted by Gasteiger charge is 2.62. The van der Waals surface area contributed by atoms with Crippen molar-refractivity contribution in [2.24, 2.45) is 23.2 Å². The lowest BCUT2D eigenvalue weighted by Crippen LogP contribution is -2.40. The van der Waals surface area contributed by atoms with Crippen LogP contribution in [0.4, 0.5) is 8.78 Å². The Morgan fingerprint density at radius 3 is 2.33 bits per heavy atom. The van der Waals surface area contributed by atoms with Gasteiger partial charge in [-0.05, 0) is 49.9 Å². The second kappa shape index (κ2) is 4.62. The third kappa shape index (κ3) is 2.18. The molecule has 4 bridgehead atoms. The Morgan fingerprint density at radius 2 is 1.81 bits per heavy atom. The van der Waals surface area contributed by atoms with Gasteiger partial charge in [0.25, 0.3) is 0 Å². The quantitative estimate of drug-likeness (QED) is 0.571. The first-order valence-electron chi connectivity index (χ1n) is 7.05. The molecule has 120 valence electrons. The summed E-state index contributed by atoms with van der Waals surface area (Å²) in [5, 5.41) is -4.22. The van der Waals surface area contributed by atoms with Gasteiger partial charge in [-0.15, -0.1) is 0 Å². The van der Waals surface area contributed by atoms with Crippen molar-refractivity contribution in [3.05, 3.63) is 0 Å². The molecular weight excluding hydrogens is 306 g/mol. The maximum atomic E-state index is 13.5. The summed E-state index contributed by atoms with van der Waals surface area (Å²) < 4.78 is 57.6. The number of ether oxygens (including phenoxy) is 1. The Kier molecular flexibility index (Phi) is 3.33. The molecule has 0 N–H and O–H groups in total. The molecule has 21 heavy (non-hydrogen) atoms. The van der Waals surface area contributed by atoms with Crippen LogP contribution in [0, 0.1) is 23.2 Å². The molecule has 4 rings (SSSR count). The summed E-state index contributed by atoms with van der Waals surface area (Å²) in [4.78, 5) is 12.3. The van der Waals surface area contributed by atoms with Gasteiger partial charge < -0.3 is 4.74 Å². The van der Waals surface area contributed by atoms with Gasteiger partial charge in [0.05, 0.1) is 12.5 Å². The highest BCUT2D eigenvalue weighted by Crippen LogP contribution is 2.65. The summed E-state index contributed by atoms with van der Waals surface area (Å²) >= 11 is 0. The Bertz CT molecular complexity index is 545. The Hall–Kier alpha value is -0.760. The summed E-state index contributed by atoms with van der Waals surface area (Å²) in [7, 11) is -4.40. The zero-order chi connectivity index (χ0) is 15.5. The number of halogens is 2. The van der Waals surface area contributed by atoms with E-state index < -0.39 is 33.4 Å². The van der Waals surface area contributed by atoms with Crippen molar-refractivity contribution in [1.82, 2.24) is 0 Å². The molecule has 4 aliphatic rings. The molecule has 0 saturated heterocycles. The molecule has 0 heterocycles. The predicted molar refractivity (Wildman–Crippen MR) is 67.8 cm³/mol. The van der Waals surface area contributed by atoms with Crippen molar-refractivity contribution in [1.29, 1.82) is 0 Å². The van der Waals surface area contributed by atoms with Crippen molar-refractivity contribution in [3.8, 4) is 0 Å². The van der Waals surface area contributed by atoms with E-state index in [0.29, 0.717) is 31.8 Å². The number of esters is 1. The lowest BCUT2D eigenvalue weighted by Gasteiger charge is -2.31. The van der Waals surface area contributed by atoms with Gasteiger partial charge in [-0.25, -0.2) is 0 Å². The highest BCUT2D eigenvalue weighted by atomic mass is 32.2. The first-order chi connectivity index (χ1) is 9.70. The summed E-state index contributed by atoms with van der Waals surface area (Å²) in [6.45, 7) is -1.48. The van der Waals surface area contributed by atoms with Crippen LogP contribution in [0.25, 0.3) is 0 Å². The van der Waals surface area contributed by atoms with E-state index in [9.17, 15) is 22.0 Å². The van der Waals surface area contributed by atoms with E-state index in [1.807, 2.05) is 0 Å². The third-order valence-electron chi connectivity index (χ3n) is 5.35. The maximum absolute atomic E-state index is 13.5. The lowest BCUT2D eigenvalue weighted by atomic mass is 9.75. The zero-order valence-corrected chi connectivity index (χ0v) is 12.5. The molecule has 5 nitrogen and oxygen atoms in total. The number of rotatable bonds is 5. The molecular formula is C13H18F2O5S. The first kappa shape index (κ1) is 15.1. The number of hydrogen-bond acceptors (Lipinski definition) is 5. The predicted octanol–water partition coefficient (Wildman–Crippen LogP) is 1.92. The van der Waals surface area contributed by atoms with Gasteiger partial charge in [0.2, 0.25) is 0 Å². The van der Waals surface area contributed by atoms with Crippen LogP contribution in [-0.4, -0.2) is 33.4 Å². The molecule has 0 aromatic rings. The molecule has 4 fully saturated rings. The SMILES string of the molecule is COS(=O)(=O)C(F)(F)COC(=O)C12CC3CC(CC1C3)C2. The number of carbonyl (C=O) groups excluding carboxylic acids is 1. The van der Waals surface area contributed by atoms with E-state index in [0.717, 1.165) is 19.3 Å². The van der Waals surface area contributed by atoms with Crippen LogP contribution in [0.1, 0.15) is 32.1 Å². The van der Waals surface area contributed by atoms with E-state index in [1.165, 1.54) is 0 Å². The van der Waals surface area contributed by atoms with Gasteiger partial charge in [0.15, 0.2) is 6.61 Å². The van der Waals surface area contributed by atoms with Gasteiger partial charge in [0, 0.05) is 0 Å². The second-order valence-electron chi connectivity index (χ2n) is 6.53. The Morgan fingerprint density at radius 1 is 1.24 bits per heavy atom. The minimum atomic E-state index is -5.05. The molecule has 0 aromatic carbocycles. The molecule has 0 amide bonds. The summed E-state index contributed by atoms with van der Waals surface area (Å²) in [5.74, 6) is 0.515. The average Bonchev–Trinajstić information content (AvgIpc) is 2.82. The summed E-state index contributed by atoms with van der Waals surface area (Å²) in [6, 6.07) is 0. The molecule has 2 unspecified atom stereocenters. The lowest BCUT2D eigenvalue weighted by molar-refractivity contribution is -0.164. The third-order valence-corrected chi connectivity index (χ3v) is 6.64. The van der Waals surface area contributed by atoms with Crippen molar-refractivity contribution >= 4 is 16.1 Å². The van der Waals surface area contributed by atoms with Crippen LogP contribution < -0.4 is 0 Å².